The van der Waals surface area contributed by atoms with E-state index < -0.39 is 5.54 Å². The van der Waals surface area contributed by atoms with E-state index in [9.17, 15) is 9.59 Å². The van der Waals surface area contributed by atoms with Gasteiger partial charge in [-0.1, -0.05) is 13.8 Å². The molecule has 0 aromatic heterocycles. The minimum atomic E-state index is -0.809. The Bertz CT molecular complexity index is 378. The quantitative estimate of drug-likeness (QED) is 0.731. The molecule has 1 rings (SSSR count). The molecule has 0 radical (unpaired) electrons. The van der Waals surface area contributed by atoms with Gasteiger partial charge in [-0.15, -0.1) is 0 Å². The average molecular weight is 298 g/mol. The summed E-state index contributed by atoms with van der Waals surface area (Å²) in [6.07, 6.45) is 1.98. The van der Waals surface area contributed by atoms with Crippen LogP contribution >= 0.6 is 0 Å². The third-order valence-electron chi connectivity index (χ3n) is 3.71. The van der Waals surface area contributed by atoms with Gasteiger partial charge in [-0.2, -0.15) is 0 Å². The fourth-order valence-electron chi connectivity index (χ4n) is 2.67. The highest BCUT2D eigenvalue weighted by Crippen LogP contribution is 2.23. The molecule has 1 fully saturated rings. The van der Waals surface area contributed by atoms with Crippen LogP contribution in [0.3, 0.4) is 0 Å². The Labute approximate surface area is 128 Å². The van der Waals surface area contributed by atoms with Crippen molar-refractivity contribution in [2.45, 2.75) is 72.1 Å². The van der Waals surface area contributed by atoms with Crippen LogP contribution in [0.25, 0.3) is 0 Å². The Morgan fingerprint density at radius 2 is 1.81 bits per heavy atom. The molecule has 1 heterocycles. The van der Waals surface area contributed by atoms with E-state index in [1.54, 1.807) is 18.7 Å². The second kappa shape index (κ2) is 7.25. The van der Waals surface area contributed by atoms with Crippen molar-refractivity contribution in [2.75, 3.05) is 13.2 Å². The lowest BCUT2D eigenvalue weighted by Gasteiger charge is -2.44. The van der Waals surface area contributed by atoms with E-state index in [1.165, 1.54) is 0 Å². The molecule has 21 heavy (non-hydrogen) atoms. The first kappa shape index (κ1) is 18.0. The summed E-state index contributed by atoms with van der Waals surface area (Å²) in [5, 5.41) is 2.83. The van der Waals surface area contributed by atoms with Crippen molar-refractivity contribution in [2.24, 2.45) is 5.92 Å². The van der Waals surface area contributed by atoms with Gasteiger partial charge in [0.05, 0.1) is 6.10 Å². The van der Waals surface area contributed by atoms with Crippen LogP contribution in [0, 0.1) is 5.92 Å². The maximum absolute atomic E-state index is 12.6. The molecule has 122 valence electrons. The second-order valence-electron chi connectivity index (χ2n) is 6.93. The lowest BCUT2D eigenvalue weighted by molar-refractivity contribution is -0.155. The summed E-state index contributed by atoms with van der Waals surface area (Å²) in [6.45, 7) is 12.8. The molecule has 0 bridgehead atoms. The van der Waals surface area contributed by atoms with Gasteiger partial charge in [-0.3, -0.25) is 9.59 Å². The van der Waals surface area contributed by atoms with Crippen LogP contribution in [0.15, 0.2) is 0 Å². The Morgan fingerprint density at radius 3 is 2.33 bits per heavy atom. The summed E-state index contributed by atoms with van der Waals surface area (Å²) >= 11 is 0. The molecule has 1 aliphatic heterocycles. The van der Waals surface area contributed by atoms with E-state index in [1.807, 2.05) is 27.7 Å². The second-order valence-corrected chi connectivity index (χ2v) is 6.93. The van der Waals surface area contributed by atoms with Crippen molar-refractivity contribution in [3.05, 3.63) is 0 Å². The normalized spacial score (nSPS) is 22.1. The fourth-order valence-corrected chi connectivity index (χ4v) is 2.67. The summed E-state index contributed by atoms with van der Waals surface area (Å²) in [4.78, 5) is 26.6. The number of unbranched alkanes of at least 4 members (excludes halogenated alkanes) is 1. The molecule has 0 aromatic carbocycles. The molecule has 0 aliphatic carbocycles. The Morgan fingerprint density at radius 1 is 1.19 bits per heavy atom. The Hall–Kier alpha value is -1.10. The first-order valence-electron chi connectivity index (χ1n) is 7.91. The van der Waals surface area contributed by atoms with E-state index in [0.29, 0.717) is 13.2 Å². The first-order valence-corrected chi connectivity index (χ1v) is 7.91. The number of hydrogen-bond acceptors (Lipinski definition) is 3. The summed E-state index contributed by atoms with van der Waals surface area (Å²) in [7, 11) is 0. The molecular formula is C16H30N2O3. The third-order valence-corrected chi connectivity index (χ3v) is 3.71. The van der Waals surface area contributed by atoms with Gasteiger partial charge in [0.1, 0.15) is 11.6 Å². The molecular weight excluding hydrogens is 268 g/mol. The summed E-state index contributed by atoms with van der Waals surface area (Å²) in [5.41, 5.74) is -0.809. The number of piperazine rings is 1. The number of hydrogen-bond donors (Lipinski definition) is 1. The lowest BCUT2D eigenvalue weighted by Crippen LogP contribution is -2.69. The monoisotopic (exact) mass is 298 g/mol. The van der Waals surface area contributed by atoms with Gasteiger partial charge in [0.2, 0.25) is 11.8 Å². The van der Waals surface area contributed by atoms with Crippen molar-refractivity contribution in [3.63, 3.8) is 0 Å². The van der Waals surface area contributed by atoms with E-state index in [-0.39, 0.29) is 29.9 Å². The zero-order valence-electron chi connectivity index (χ0n) is 14.2. The summed E-state index contributed by atoms with van der Waals surface area (Å²) in [5.74, 6) is 0.0653. The number of carbonyl (C=O) groups is 2. The molecule has 2 amide bonds. The summed E-state index contributed by atoms with van der Waals surface area (Å²) < 4.78 is 5.51. The van der Waals surface area contributed by atoms with Crippen LogP contribution in [-0.4, -0.2) is 47.6 Å². The van der Waals surface area contributed by atoms with Gasteiger partial charge in [-0.25, -0.2) is 0 Å². The highest BCUT2D eigenvalue weighted by Gasteiger charge is 2.45. The predicted octanol–water partition coefficient (Wildman–Crippen LogP) is 1.95. The van der Waals surface area contributed by atoms with Crippen LogP contribution < -0.4 is 5.32 Å². The van der Waals surface area contributed by atoms with Crippen molar-refractivity contribution in [1.82, 2.24) is 10.2 Å². The van der Waals surface area contributed by atoms with Gasteiger partial charge in [0, 0.05) is 13.2 Å². The van der Waals surface area contributed by atoms with Crippen LogP contribution in [0.1, 0.15) is 54.4 Å². The number of ether oxygens (including phenoxy) is 1. The molecule has 1 aliphatic rings. The topological polar surface area (TPSA) is 58.6 Å². The number of nitrogens with one attached hydrogen (secondary N) is 1. The lowest BCUT2D eigenvalue weighted by atomic mass is 9.91. The van der Waals surface area contributed by atoms with Crippen LogP contribution in [-0.2, 0) is 14.3 Å². The largest absolute Gasteiger partial charge is 0.379 e. The Kier molecular flexibility index (Phi) is 6.20. The van der Waals surface area contributed by atoms with Crippen LogP contribution in [0.4, 0.5) is 0 Å². The van der Waals surface area contributed by atoms with E-state index >= 15 is 0 Å². The van der Waals surface area contributed by atoms with Crippen molar-refractivity contribution >= 4 is 11.8 Å². The molecule has 1 unspecified atom stereocenters. The van der Waals surface area contributed by atoms with Gasteiger partial charge < -0.3 is 15.0 Å². The minimum Gasteiger partial charge on any atom is -0.379 e. The SMILES string of the molecule is CC(C)OCCCCN1C(=O)C(C)(C)NC(=O)C1C(C)C. The zero-order valence-corrected chi connectivity index (χ0v) is 14.2. The van der Waals surface area contributed by atoms with E-state index in [2.05, 4.69) is 5.32 Å². The van der Waals surface area contributed by atoms with Gasteiger partial charge >= 0.3 is 0 Å². The van der Waals surface area contributed by atoms with Gasteiger partial charge in [0.25, 0.3) is 0 Å². The van der Waals surface area contributed by atoms with Gasteiger partial charge in [-0.05, 0) is 46.5 Å². The number of carbonyl (C=O) groups excluding carboxylic acids is 2. The van der Waals surface area contributed by atoms with Gasteiger partial charge in [0.15, 0.2) is 0 Å². The maximum Gasteiger partial charge on any atom is 0.248 e. The Balaban J connectivity index is 2.64. The molecule has 1 atom stereocenters. The summed E-state index contributed by atoms with van der Waals surface area (Å²) in [6, 6.07) is -0.364. The van der Waals surface area contributed by atoms with Crippen LogP contribution in [0.2, 0.25) is 0 Å². The highest BCUT2D eigenvalue weighted by atomic mass is 16.5. The first-order chi connectivity index (χ1) is 9.66. The molecule has 1 N–H and O–H groups in total. The molecule has 1 saturated heterocycles. The molecule has 5 heteroatoms. The van der Waals surface area contributed by atoms with Crippen molar-refractivity contribution in [3.8, 4) is 0 Å². The molecule has 5 nitrogen and oxygen atoms in total. The fraction of sp³-hybridized carbons (Fsp3) is 0.875. The minimum absolute atomic E-state index is 0.00516. The molecule has 0 saturated carbocycles. The number of rotatable bonds is 7. The van der Waals surface area contributed by atoms with E-state index in [0.717, 1.165) is 12.8 Å². The van der Waals surface area contributed by atoms with Crippen LogP contribution in [0.5, 0.6) is 0 Å². The molecule has 0 spiro atoms. The highest BCUT2D eigenvalue weighted by molar-refractivity contribution is 5.99. The zero-order chi connectivity index (χ0) is 16.2. The smallest absolute Gasteiger partial charge is 0.248 e. The number of amides is 2. The predicted molar refractivity (Wildman–Crippen MR) is 82.9 cm³/mol. The van der Waals surface area contributed by atoms with Crippen molar-refractivity contribution in [1.29, 1.82) is 0 Å². The molecule has 0 aromatic rings. The average Bonchev–Trinajstić information content (AvgIpc) is 2.33. The van der Waals surface area contributed by atoms with Crippen molar-refractivity contribution < 1.29 is 14.3 Å². The number of nitrogens with zero attached hydrogens (tertiary/aromatic N) is 1. The third kappa shape index (κ3) is 4.70. The standard InChI is InChI=1S/C16H30N2O3/c1-11(2)13-14(19)17-16(5,6)15(20)18(13)9-7-8-10-21-12(3)4/h11-13H,7-10H2,1-6H3,(H,17,19). The van der Waals surface area contributed by atoms with E-state index in [4.69, 9.17) is 4.74 Å². The maximum atomic E-state index is 12.6.